The van der Waals surface area contributed by atoms with Crippen LogP contribution in [0.2, 0.25) is 0 Å². The molecule has 0 heterocycles. The van der Waals surface area contributed by atoms with Gasteiger partial charge in [-0.25, -0.2) is 0 Å². The van der Waals surface area contributed by atoms with Gasteiger partial charge in [-0.05, 0) is 24.1 Å². The maximum absolute atomic E-state index is 9.64. The predicted molar refractivity (Wildman–Crippen MR) is 73.1 cm³/mol. The first-order valence-electron chi connectivity index (χ1n) is 5.81. The summed E-state index contributed by atoms with van der Waals surface area (Å²) < 4.78 is 4.95. The highest BCUT2D eigenvalue weighted by atomic mass is 16.5. The van der Waals surface area contributed by atoms with E-state index >= 15 is 0 Å². The molecular formula is C14H18O6. The van der Waals surface area contributed by atoms with Crippen LogP contribution in [0.4, 0.5) is 0 Å². The molecule has 0 aliphatic heterocycles. The number of ether oxygens (including phenoxy) is 1. The van der Waals surface area contributed by atoms with Crippen molar-refractivity contribution in [3.8, 4) is 11.5 Å². The number of carbonyl (C=O) groups is 2. The van der Waals surface area contributed by atoms with Crippen molar-refractivity contribution in [1.82, 2.24) is 0 Å². The van der Waals surface area contributed by atoms with E-state index in [1.165, 1.54) is 7.11 Å². The monoisotopic (exact) mass is 282 g/mol. The molecule has 20 heavy (non-hydrogen) atoms. The maximum Gasteiger partial charge on any atom is 0.303 e. The fraction of sp³-hybridized carbons (Fsp3) is 0.286. The Kier molecular flexibility index (Phi) is 8.25. The summed E-state index contributed by atoms with van der Waals surface area (Å²) >= 11 is 0. The number of carboxylic acids is 2. The molecule has 6 heteroatoms. The number of hydrogen-bond donors (Lipinski definition) is 3. The molecule has 0 saturated heterocycles. The van der Waals surface area contributed by atoms with Crippen LogP contribution in [0.5, 0.6) is 11.5 Å². The lowest BCUT2D eigenvalue weighted by molar-refractivity contribution is -0.143. The third-order valence-electron chi connectivity index (χ3n) is 2.18. The number of carboxylic acid groups (broad SMARTS) is 2. The summed E-state index contributed by atoms with van der Waals surface area (Å²) in [5.74, 6) is -1.47. The van der Waals surface area contributed by atoms with E-state index in [1.807, 2.05) is 12.1 Å². The molecule has 3 N–H and O–H groups in total. The van der Waals surface area contributed by atoms with Gasteiger partial charge >= 0.3 is 11.9 Å². The molecular weight excluding hydrogens is 264 g/mol. The van der Waals surface area contributed by atoms with Gasteiger partial charge in [0.05, 0.1) is 20.0 Å². The van der Waals surface area contributed by atoms with Crippen LogP contribution in [0.3, 0.4) is 0 Å². The zero-order valence-electron chi connectivity index (χ0n) is 11.2. The van der Waals surface area contributed by atoms with Crippen molar-refractivity contribution < 1.29 is 29.6 Å². The Labute approximate surface area is 116 Å². The number of aliphatic carboxylic acids is 2. The van der Waals surface area contributed by atoms with Gasteiger partial charge in [-0.3, -0.25) is 9.59 Å². The quantitative estimate of drug-likeness (QED) is 0.690. The number of rotatable bonds is 6. The molecule has 0 aromatic heterocycles. The van der Waals surface area contributed by atoms with E-state index in [4.69, 9.17) is 14.9 Å². The van der Waals surface area contributed by atoms with E-state index < -0.39 is 11.9 Å². The van der Waals surface area contributed by atoms with Crippen LogP contribution in [-0.2, 0) is 16.0 Å². The van der Waals surface area contributed by atoms with Gasteiger partial charge in [0.2, 0.25) is 0 Å². The highest BCUT2D eigenvalue weighted by Gasteiger charge is 2.01. The third-order valence-corrected chi connectivity index (χ3v) is 2.18. The molecule has 1 aromatic carbocycles. The Hall–Kier alpha value is -2.50. The molecule has 0 amide bonds. The normalized spacial score (nSPS) is 9.05. The van der Waals surface area contributed by atoms with Crippen LogP contribution in [0.1, 0.15) is 18.4 Å². The molecule has 0 atom stereocenters. The first-order chi connectivity index (χ1) is 9.40. The second-order valence-corrected chi connectivity index (χ2v) is 3.79. The maximum atomic E-state index is 9.64. The lowest BCUT2D eigenvalue weighted by atomic mass is 10.1. The van der Waals surface area contributed by atoms with Gasteiger partial charge in [-0.15, -0.1) is 6.58 Å². The Balaban J connectivity index is 0.000000396. The number of benzene rings is 1. The van der Waals surface area contributed by atoms with Crippen molar-refractivity contribution in [2.24, 2.45) is 0 Å². The standard InChI is InChI=1S/C10H12O2.C4H6O4/c1-3-4-8-5-6-9(11)10(7-8)12-2;5-3(6)1-2-4(7)8/h3,5-7,11H,1,4H2,2H3;1-2H2,(H,5,6)(H,7,8). The predicted octanol–water partition coefficient (Wildman–Crippen LogP) is 2.07. The van der Waals surface area contributed by atoms with E-state index in [9.17, 15) is 14.7 Å². The average Bonchev–Trinajstić information content (AvgIpc) is 2.39. The van der Waals surface area contributed by atoms with Gasteiger partial charge in [-0.1, -0.05) is 12.1 Å². The zero-order chi connectivity index (χ0) is 15.5. The highest BCUT2D eigenvalue weighted by Crippen LogP contribution is 2.26. The van der Waals surface area contributed by atoms with Crippen molar-refractivity contribution in [1.29, 1.82) is 0 Å². The second kappa shape index (κ2) is 9.43. The number of phenolic OH excluding ortho intramolecular Hbond substituents is 1. The van der Waals surface area contributed by atoms with E-state index in [0.29, 0.717) is 5.75 Å². The summed E-state index contributed by atoms with van der Waals surface area (Å²) in [5.41, 5.74) is 1.08. The smallest absolute Gasteiger partial charge is 0.303 e. The lowest BCUT2D eigenvalue weighted by Crippen LogP contribution is -2.00. The van der Waals surface area contributed by atoms with Crippen molar-refractivity contribution >= 4 is 11.9 Å². The summed E-state index contributed by atoms with van der Waals surface area (Å²) in [6.45, 7) is 3.63. The minimum absolute atomic E-state index is 0.172. The second-order valence-electron chi connectivity index (χ2n) is 3.79. The number of aromatic hydroxyl groups is 1. The fourth-order valence-electron chi connectivity index (χ4n) is 1.23. The highest BCUT2D eigenvalue weighted by molar-refractivity contribution is 5.75. The van der Waals surface area contributed by atoms with E-state index in [-0.39, 0.29) is 18.6 Å². The van der Waals surface area contributed by atoms with Crippen molar-refractivity contribution in [2.45, 2.75) is 19.3 Å². The lowest BCUT2D eigenvalue weighted by Gasteiger charge is -2.04. The SMILES string of the molecule is C=CCc1ccc(O)c(OC)c1.O=C(O)CCC(=O)O. The number of phenols is 1. The van der Waals surface area contributed by atoms with Crippen LogP contribution in [0, 0.1) is 0 Å². The van der Waals surface area contributed by atoms with Crippen LogP contribution in [-0.4, -0.2) is 34.4 Å². The molecule has 0 aliphatic rings. The Morgan fingerprint density at radius 1 is 1.25 bits per heavy atom. The largest absolute Gasteiger partial charge is 0.504 e. The molecule has 1 aromatic rings. The molecule has 0 unspecified atom stereocenters. The number of methoxy groups -OCH3 is 1. The molecule has 0 bridgehead atoms. The van der Waals surface area contributed by atoms with Gasteiger partial charge in [0.1, 0.15) is 0 Å². The third kappa shape index (κ3) is 7.75. The van der Waals surface area contributed by atoms with Crippen LogP contribution in [0.25, 0.3) is 0 Å². The first-order valence-corrected chi connectivity index (χ1v) is 5.81. The molecule has 1 rings (SSSR count). The Bertz CT molecular complexity index is 453. The minimum atomic E-state index is -1.08. The molecule has 0 fully saturated rings. The fourth-order valence-corrected chi connectivity index (χ4v) is 1.23. The van der Waals surface area contributed by atoms with Gasteiger partial charge in [0.25, 0.3) is 0 Å². The molecule has 0 spiro atoms. The van der Waals surface area contributed by atoms with Crippen molar-refractivity contribution in [3.05, 3.63) is 36.4 Å². The van der Waals surface area contributed by atoms with E-state index in [0.717, 1.165) is 12.0 Å². The molecule has 6 nitrogen and oxygen atoms in total. The summed E-state index contributed by atoms with van der Waals surface area (Å²) in [5, 5.41) is 25.1. The summed E-state index contributed by atoms with van der Waals surface area (Å²) in [4.78, 5) is 19.3. The molecule has 110 valence electrons. The van der Waals surface area contributed by atoms with Crippen LogP contribution >= 0.6 is 0 Å². The van der Waals surface area contributed by atoms with Crippen molar-refractivity contribution in [3.63, 3.8) is 0 Å². The summed E-state index contributed by atoms with van der Waals surface area (Å²) in [7, 11) is 1.53. The molecule has 0 radical (unpaired) electrons. The van der Waals surface area contributed by atoms with Crippen LogP contribution in [0.15, 0.2) is 30.9 Å². The van der Waals surface area contributed by atoms with Gasteiger partial charge < -0.3 is 20.1 Å². The topological polar surface area (TPSA) is 104 Å². The van der Waals surface area contributed by atoms with Gasteiger partial charge in [-0.2, -0.15) is 0 Å². The summed E-state index contributed by atoms with van der Waals surface area (Å²) in [6.07, 6.45) is 2.01. The minimum Gasteiger partial charge on any atom is -0.504 e. The number of allylic oxidation sites excluding steroid dienone is 1. The van der Waals surface area contributed by atoms with Gasteiger partial charge in [0, 0.05) is 0 Å². The van der Waals surface area contributed by atoms with E-state index in [1.54, 1.807) is 12.1 Å². The zero-order valence-corrected chi connectivity index (χ0v) is 11.2. The summed E-state index contributed by atoms with van der Waals surface area (Å²) in [6, 6.07) is 5.27. The average molecular weight is 282 g/mol. The molecule has 0 aliphatic carbocycles. The molecule has 0 saturated carbocycles. The first kappa shape index (κ1) is 17.5. The van der Waals surface area contributed by atoms with Crippen LogP contribution < -0.4 is 4.74 Å². The Morgan fingerprint density at radius 2 is 1.80 bits per heavy atom. The Morgan fingerprint density at radius 3 is 2.20 bits per heavy atom. The van der Waals surface area contributed by atoms with Crippen molar-refractivity contribution in [2.75, 3.05) is 7.11 Å². The van der Waals surface area contributed by atoms with E-state index in [2.05, 4.69) is 6.58 Å². The number of hydrogen-bond acceptors (Lipinski definition) is 4. The van der Waals surface area contributed by atoms with Gasteiger partial charge in [0.15, 0.2) is 11.5 Å².